The molecule has 0 spiro atoms. The minimum Gasteiger partial charge on any atom is -0.495 e. The third-order valence-electron chi connectivity index (χ3n) is 5.30. The standard InChI is InChI=1S/C23H30N2O5S/c1-4-20(30-19-10-8-9-17(2)15-19)23(26)24-18-11-12-21(29-3)22(16-18)31(27,28)25-13-6-5-7-14-25/h8-12,15-16,20H,4-7,13-14H2,1-3H3,(H,24,26). The Kier molecular flexibility index (Phi) is 7.56. The molecule has 7 nitrogen and oxygen atoms in total. The van der Waals surface area contributed by atoms with Crippen LogP contribution in [0.4, 0.5) is 5.69 Å². The third-order valence-corrected chi connectivity index (χ3v) is 7.21. The monoisotopic (exact) mass is 446 g/mol. The fourth-order valence-corrected chi connectivity index (χ4v) is 5.30. The van der Waals surface area contributed by atoms with Gasteiger partial charge in [-0.2, -0.15) is 4.31 Å². The van der Waals surface area contributed by atoms with Crippen molar-refractivity contribution < 1.29 is 22.7 Å². The number of methoxy groups -OCH3 is 1. The second-order valence-electron chi connectivity index (χ2n) is 7.65. The van der Waals surface area contributed by atoms with Gasteiger partial charge in [0.1, 0.15) is 16.4 Å². The molecule has 8 heteroatoms. The highest BCUT2D eigenvalue weighted by Crippen LogP contribution is 2.31. The van der Waals surface area contributed by atoms with Gasteiger partial charge in [0.05, 0.1) is 7.11 Å². The summed E-state index contributed by atoms with van der Waals surface area (Å²) in [6.07, 6.45) is 2.47. The second-order valence-corrected chi connectivity index (χ2v) is 9.56. The van der Waals surface area contributed by atoms with E-state index >= 15 is 0 Å². The zero-order valence-electron chi connectivity index (χ0n) is 18.3. The van der Waals surface area contributed by atoms with Crippen LogP contribution >= 0.6 is 0 Å². The number of hydrogen-bond donors (Lipinski definition) is 1. The Balaban J connectivity index is 1.80. The number of amides is 1. The molecule has 1 fully saturated rings. The predicted octanol–water partition coefficient (Wildman–Crippen LogP) is 3.97. The largest absolute Gasteiger partial charge is 0.495 e. The van der Waals surface area contributed by atoms with Crippen LogP contribution in [0.15, 0.2) is 47.4 Å². The summed E-state index contributed by atoms with van der Waals surface area (Å²) in [5, 5.41) is 2.79. The number of piperidine rings is 1. The Morgan fingerprint density at radius 2 is 1.87 bits per heavy atom. The summed E-state index contributed by atoms with van der Waals surface area (Å²) in [7, 11) is -2.28. The molecule has 1 aliphatic heterocycles. The van der Waals surface area contributed by atoms with E-state index in [1.807, 2.05) is 32.0 Å². The highest BCUT2D eigenvalue weighted by molar-refractivity contribution is 7.89. The average Bonchev–Trinajstić information content (AvgIpc) is 2.78. The summed E-state index contributed by atoms with van der Waals surface area (Å²) in [5.74, 6) is 0.534. The van der Waals surface area contributed by atoms with Crippen LogP contribution in [0.3, 0.4) is 0 Å². The van der Waals surface area contributed by atoms with Gasteiger partial charge in [-0.1, -0.05) is 25.5 Å². The molecule has 1 atom stereocenters. The van der Waals surface area contributed by atoms with E-state index < -0.39 is 16.1 Å². The number of rotatable bonds is 8. The van der Waals surface area contributed by atoms with Gasteiger partial charge in [-0.25, -0.2) is 8.42 Å². The normalized spacial score (nSPS) is 15.8. The summed E-state index contributed by atoms with van der Waals surface area (Å²) in [6.45, 7) is 4.80. The molecule has 1 amide bonds. The number of sulfonamides is 1. The summed E-state index contributed by atoms with van der Waals surface area (Å²) >= 11 is 0. The van der Waals surface area contributed by atoms with Crippen molar-refractivity contribution in [1.82, 2.24) is 4.31 Å². The second kappa shape index (κ2) is 10.2. The van der Waals surface area contributed by atoms with Crippen LogP contribution in [-0.2, 0) is 14.8 Å². The van der Waals surface area contributed by atoms with Crippen molar-refractivity contribution in [1.29, 1.82) is 0 Å². The molecule has 2 aromatic carbocycles. The minimum atomic E-state index is -3.72. The summed E-state index contributed by atoms with van der Waals surface area (Å²) < 4.78 is 39.0. The number of nitrogens with one attached hydrogen (secondary N) is 1. The smallest absolute Gasteiger partial charge is 0.265 e. The van der Waals surface area contributed by atoms with Gasteiger partial charge in [0.25, 0.3) is 5.91 Å². The van der Waals surface area contributed by atoms with E-state index in [1.165, 1.54) is 17.5 Å². The highest BCUT2D eigenvalue weighted by Gasteiger charge is 2.29. The van der Waals surface area contributed by atoms with E-state index in [9.17, 15) is 13.2 Å². The van der Waals surface area contributed by atoms with Crippen LogP contribution < -0.4 is 14.8 Å². The van der Waals surface area contributed by atoms with Crippen LogP contribution in [-0.4, -0.2) is 44.9 Å². The Bertz CT molecular complexity index is 1020. The molecule has 1 N–H and O–H groups in total. The van der Waals surface area contributed by atoms with Gasteiger partial charge < -0.3 is 14.8 Å². The van der Waals surface area contributed by atoms with E-state index in [0.717, 1.165) is 24.8 Å². The topological polar surface area (TPSA) is 84.9 Å². The van der Waals surface area contributed by atoms with Gasteiger partial charge in [-0.05, 0) is 62.1 Å². The molecule has 0 aromatic heterocycles. The SMILES string of the molecule is CCC(Oc1cccc(C)c1)C(=O)Nc1ccc(OC)c(S(=O)(=O)N2CCCCC2)c1. The first-order valence-corrected chi connectivity index (χ1v) is 12.0. The van der Waals surface area contributed by atoms with Crippen LogP contribution in [0.1, 0.15) is 38.2 Å². The zero-order valence-corrected chi connectivity index (χ0v) is 19.1. The quantitative estimate of drug-likeness (QED) is 0.663. The van der Waals surface area contributed by atoms with E-state index in [-0.39, 0.29) is 16.6 Å². The maximum Gasteiger partial charge on any atom is 0.265 e. The van der Waals surface area contributed by atoms with Crippen molar-refractivity contribution in [3.63, 3.8) is 0 Å². The molecule has 1 heterocycles. The summed E-state index contributed by atoms with van der Waals surface area (Å²) in [6, 6.07) is 12.2. The molecular formula is C23H30N2O5S. The van der Waals surface area contributed by atoms with Gasteiger partial charge >= 0.3 is 0 Å². The van der Waals surface area contributed by atoms with Crippen molar-refractivity contribution in [2.24, 2.45) is 0 Å². The van der Waals surface area contributed by atoms with Crippen molar-refractivity contribution in [3.05, 3.63) is 48.0 Å². The molecule has 0 bridgehead atoms. The molecule has 0 radical (unpaired) electrons. The first-order valence-electron chi connectivity index (χ1n) is 10.6. The number of anilines is 1. The van der Waals surface area contributed by atoms with Crippen molar-refractivity contribution >= 4 is 21.6 Å². The molecule has 3 rings (SSSR count). The van der Waals surface area contributed by atoms with E-state index in [0.29, 0.717) is 30.9 Å². The van der Waals surface area contributed by atoms with E-state index in [1.54, 1.807) is 18.2 Å². The lowest BCUT2D eigenvalue weighted by molar-refractivity contribution is -0.122. The lowest BCUT2D eigenvalue weighted by Crippen LogP contribution is -2.36. The first-order chi connectivity index (χ1) is 14.8. The molecule has 2 aromatic rings. The predicted molar refractivity (Wildman–Crippen MR) is 120 cm³/mol. The maximum absolute atomic E-state index is 13.2. The van der Waals surface area contributed by atoms with Gasteiger partial charge in [0.15, 0.2) is 6.10 Å². The van der Waals surface area contributed by atoms with Crippen LogP contribution in [0, 0.1) is 6.92 Å². The van der Waals surface area contributed by atoms with E-state index in [2.05, 4.69) is 5.32 Å². The number of nitrogens with zero attached hydrogens (tertiary/aromatic N) is 1. The lowest BCUT2D eigenvalue weighted by Gasteiger charge is -2.26. The molecule has 31 heavy (non-hydrogen) atoms. The van der Waals surface area contributed by atoms with E-state index in [4.69, 9.17) is 9.47 Å². The van der Waals surface area contributed by atoms with Crippen molar-refractivity contribution in [2.45, 2.75) is 50.5 Å². The van der Waals surface area contributed by atoms with Gasteiger partial charge in [-0.15, -0.1) is 0 Å². The average molecular weight is 447 g/mol. The van der Waals surface area contributed by atoms with Crippen molar-refractivity contribution in [3.8, 4) is 11.5 Å². The zero-order chi connectivity index (χ0) is 22.4. The molecule has 1 unspecified atom stereocenters. The fourth-order valence-electron chi connectivity index (χ4n) is 3.60. The highest BCUT2D eigenvalue weighted by atomic mass is 32.2. The molecule has 1 aliphatic rings. The molecule has 0 saturated carbocycles. The number of carbonyl (C=O) groups is 1. The van der Waals surface area contributed by atoms with Crippen molar-refractivity contribution in [2.75, 3.05) is 25.5 Å². The van der Waals surface area contributed by atoms with Gasteiger partial charge in [0, 0.05) is 18.8 Å². The molecule has 168 valence electrons. The number of aryl methyl sites for hydroxylation is 1. The third kappa shape index (κ3) is 5.57. The number of hydrogen-bond acceptors (Lipinski definition) is 5. The lowest BCUT2D eigenvalue weighted by atomic mass is 10.2. The van der Waals surface area contributed by atoms with Crippen LogP contribution in [0.5, 0.6) is 11.5 Å². The Labute approximate surface area is 184 Å². The minimum absolute atomic E-state index is 0.0577. The van der Waals surface area contributed by atoms with Gasteiger partial charge in [0.2, 0.25) is 10.0 Å². The number of benzene rings is 2. The fraction of sp³-hybridized carbons (Fsp3) is 0.435. The Morgan fingerprint density at radius 1 is 1.13 bits per heavy atom. The summed E-state index contributed by atoms with van der Waals surface area (Å²) in [5.41, 5.74) is 1.42. The maximum atomic E-state index is 13.2. The van der Waals surface area contributed by atoms with Gasteiger partial charge in [-0.3, -0.25) is 4.79 Å². The number of ether oxygens (including phenoxy) is 2. The Morgan fingerprint density at radius 3 is 2.52 bits per heavy atom. The number of carbonyl (C=O) groups excluding carboxylic acids is 1. The first kappa shape index (κ1) is 23.1. The Hall–Kier alpha value is -2.58. The molecule has 0 aliphatic carbocycles. The molecular weight excluding hydrogens is 416 g/mol. The molecule has 1 saturated heterocycles. The summed E-state index contributed by atoms with van der Waals surface area (Å²) in [4.78, 5) is 12.9. The van der Waals surface area contributed by atoms with Crippen LogP contribution in [0.2, 0.25) is 0 Å². The van der Waals surface area contributed by atoms with Crippen LogP contribution in [0.25, 0.3) is 0 Å².